The molecule has 1 fully saturated rings. The van der Waals surface area contributed by atoms with E-state index in [2.05, 4.69) is 24.1 Å². The number of rotatable bonds is 7. The Bertz CT molecular complexity index is 1030. The molecule has 0 saturated carbocycles. The molecular weight excluding hydrogens is 477 g/mol. The number of carbonyl (C=O) groups excluding carboxylic acids is 1. The lowest BCUT2D eigenvalue weighted by Gasteiger charge is -2.35. The van der Waals surface area contributed by atoms with Crippen molar-refractivity contribution in [3.05, 3.63) is 36.0 Å². The highest BCUT2D eigenvalue weighted by Crippen LogP contribution is 2.22. The number of fused-ring (bicyclic) bond motifs is 1. The van der Waals surface area contributed by atoms with Gasteiger partial charge in [0, 0.05) is 49.3 Å². The second-order valence-corrected chi connectivity index (χ2v) is 10.3. The highest BCUT2D eigenvalue weighted by molar-refractivity contribution is 8.27. The lowest BCUT2D eigenvalue weighted by Crippen LogP contribution is -2.50. The first-order valence-corrected chi connectivity index (χ1v) is 12.6. The number of nitrogens with zero attached hydrogens (tertiary/aromatic N) is 2. The number of aromatic amines is 1. The zero-order chi connectivity index (χ0) is 25.6. The van der Waals surface area contributed by atoms with Gasteiger partial charge in [0.15, 0.2) is 10.2 Å². The first kappa shape index (κ1) is 27.1. The normalized spacial score (nSPS) is 16.0. The Hall–Kier alpha value is -2.53. The summed E-state index contributed by atoms with van der Waals surface area (Å²) in [5, 5.41) is 20.2. The molecule has 1 unspecified atom stereocenters. The number of aromatic nitrogens is 1. The van der Waals surface area contributed by atoms with Crippen LogP contribution < -0.4 is 5.32 Å². The van der Waals surface area contributed by atoms with Gasteiger partial charge in [0.25, 0.3) is 5.91 Å². The van der Waals surface area contributed by atoms with Crippen molar-refractivity contribution in [3.8, 4) is 0 Å². The maximum atomic E-state index is 12.8. The maximum Gasteiger partial charge on any atom is 0.401 e. The van der Waals surface area contributed by atoms with E-state index in [0.29, 0.717) is 12.3 Å². The summed E-state index contributed by atoms with van der Waals surface area (Å²) in [4.78, 5) is 19.0. The number of hydrogen-bond donors (Lipinski definition) is 4. The maximum absolute atomic E-state index is 12.8. The second kappa shape index (κ2) is 11.9. The summed E-state index contributed by atoms with van der Waals surface area (Å²) >= 11 is 0.739. The minimum Gasteiger partial charge on any atom is -0.361 e. The van der Waals surface area contributed by atoms with Gasteiger partial charge in [0.2, 0.25) is 0 Å². The number of nitrogens with one attached hydrogen (secondary N) is 4. The third-order valence-electron chi connectivity index (χ3n) is 6.04. The molecule has 35 heavy (non-hydrogen) atoms. The number of thioether (sulfide) groups is 1. The van der Waals surface area contributed by atoms with Crippen molar-refractivity contribution in [1.82, 2.24) is 20.1 Å². The van der Waals surface area contributed by atoms with Crippen LogP contribution in [0.2, 0.25) is 0 Å². The third kappa shape index (κ3) is 8.28. The van der Waals surface area contributed by atoms with Crippen LogP contribution in [0.4, 0.5) is 13.2 Å². The van der Waals surface area contributed by atoms with Gasteiger partial charge in [-0.3, -0.25) is 20.5 Å². The van der Waals surface area contributed by atoms with Crippen LogP contribution in [-0.2, 0) is 11.2 Å². The number of H-pyrrole nitrogens is 1. The van der Waals surface area contributed by atoms with Gasteiger partial charge < -0.3 is 15.2 Å². The highest BCUT2D eigenvalue weighted by Gasteiger charge is 2.32. The van der Waals surface area contributed by atoms with E-state index in [4.69, 9.17) is 10.8 Å². The Morgan fingerprint density at radius 3 is 2.49 bits per heavy atom. The predicted octanol–water partition coefficient (Wildman–Crippen LogP) is 4.46. The number of hydrogen-bond acceptors (Lipinski definition) is 5. The molecule has 0 radical (unpaired) electrons. The molecule has 1 amide bonds. The molecule has 3 rings (SSSR count). The minimum atomic E-state index is -4.25. The van der Waals surface area contributed by atoms with Crippen molar-refractivity contribution >= 4 is 38.8 Å². The Balaban J connectivity index is 1.54. The monoisotopic (exact) mass is 510 g/mol. The molecule has 2 aromatic rings. The van der Waals surface area contributed by atoms with Crippen LogP contribution in [-0.4, -0.2) is 75.8 Å². The van der Waals surface area contributed by atoms with Gasteiger partial charge in [-0.05, 0) is 48.6 Å². The minimum absolute atomic E-state index is 0.00664. The van der Waals surface area contributed by atoms with Crippen LogP contribution in [0.1, 0.15) is 32.3 Å². The third-order valence-corrected chi connectivity index (χ3v) is 6.88. The molecule has 7 nitrogen and oxygen atoms in total. The molecule has 1 aromatic heterocycles. The molecule has 1 aliphatic heterocycles. The molecule has 0 spiro atoms. The zero-order valence-corrected chi connectivity index (χ0v) is 20.9. The fourth-order valence-corrected chi connectivity index (χ4v) is 4.80. The smallest absolute Gasteiger partial charge is 0.361 e. The molecular formula is C24H33F3N6OS. The molecule has 1 aliphatic rings. The standard InChI is InChI=1S/C24H33F3N6OS/c1-16(2)7-8-18(13-17-14-30-20-6-4-3-5-19(17)20)31-22(34)21(28)35-23(29)33-11-9-32(10-12-33)15-24(25,26)27/h3-6,14,16,18,28-30H,7-13,15H2,1-2H3,(H,31,34). The Labute approximate surface area is 207 Å². The van der Waals surface area contributed by atoms with E-state index in [1.807, 2.05) is 30.5 Å². The van der Waals surface area contributed by atoms with Gasteiger partial charge in [-0.2, -0.15) is 13.2 Å². The van der Waals surface area contributed by atoms with Crippen LogP contribution in [0.15, 0.2) is 30.5 Å². The summed E-state index contributed by atoms with van der Waals surface area (Å²) in [5.74, 6) is -0.0700. The van der Waals surface area contributed by atoms with Crippen molar-refractivity contribution in [2.45, 2.75) is 45.3 Å². The molecule has 192 valence electrons. The van der Waals surface area contributed by atoms with Crippen LogP contribution >= 0.6 is 11.8 Å². The molecule has 1 aromatic carbocycles. The lowest BCUT2D eigenvalue weighted by molar-refractivity contribution is -0.148. The summed E-state index contributed by atoms with van der Waals surface area (Å²) in [6.45, 7) is 4.17. The summed E-state index contributed by atoms with van der Waals surface area (Å²) in [7, 11) is 0. The largest absolute Gasteiger partial charge is 0.401 e. The van der Waals surface area contributed by atoms with Gasteiger partial charge in [0.1, 0.15) is 0 Å². The SMILES string of the molecule is CC(C)CCC(Cc1c[nH]c2ccccc12)NC(=O)C(=N)SC(=N)N1CCN(CC(F)(F)F)CC1. The Morgan fingerprint density at radius 2 is 1.83 bits per heavy atom. The number of amidine groups is 1. The van der Waals surface area contributed by atoms with Crippen molar-refractivity contribution in [3.63, 3.8) is 0 Å². The first-order chi connectivity index (χ1) is 16.5. The van der Waals surface area contributed by atoms with Crippen molar-refractivity contribution in [2.24, 2.45) is 5.92 Å². The van der Waals surface area contributed by atoms with Gasteiger partial charge in [0.05, 0.1) is 6.54 Å². The zero-order valence-electron chi connectivity index (χ0n) is 20.0. The van der Waals surface area contributed by atoms with Gasteiger partial charge >= 0.3 is 6.18 Å². The fourth-order valence-electron chi connectivity index (χ4n) is 4.15. The van der Waals surface area contributed by atoms with Crippen LogP contribution in [0.5, 0.6) is 0 Å². The predicted molar refractivity (Wildman–Crippen MR) is 135 cm³/mol. The number of para-hydroxylation sites is 1. The van der Waals surface area contributed by atoms with Gasteiger partial charge in [-0.25, -0.2) is 0 Å². The molecule has 1 saturated heterocycles. The van der Waals surface area contributed by atoms with Crippen molar-refractivity contribution in [1.29, 1.82) is 10.8 Å². The summed E-state index contributed by atoms with van der Waals surface area (Å²) < 4.78 is 37.7. The van der Waals surface area contributed by atoms with E-state index in [1.54, 1.807) is 4.90 Å². The van der Waals surface area contributed by atoms with E-state index >= 15 is 0 Å². The lowest BCUT2D eigenvalue weighted by atomic mass is 9.97. The second-order valence-electron chi connectivity index (χ2n) is 9.32. The first-order valence-electron chi connectivity index (χ1n) is 11.8. The Morgan fingerprint density at radius 1 is 1.14 bits per heavy atom. The van der Waals surface area contributed by atoms with Crippen LogP contribution in [0, 0.1) is 16.7 Å². The number of alkyl halides is 3. The summed E-state index contributed by atoms with van der Waals surface area (Å²) in [6.07, 6.45) is 0.0150. The number of halogens is 3. The topological polar surface area (TPSA) is 99.1 Å². The molecule has 4 N–H and O–H groups in total. The fraction of sp³-hybridized carbons (Fsp3) is 0.542. The van der Waals surface area contributed by atoms with E-state index in [1.165, 1.54) is 4.90 Å². The summed E-state index contributed by atoms with van der Waals surface area (Å²) in [6, 6.07) is 7.81. The molecule has 0 aliphatic carbocycles. The van der Waals surface area contributed by atoms with Gasteiger partial charge in [-0.1, -0.05) is 32.0 Å². The van der Waals surface area contributed by atoms with E-state index in [-0.39, 0.29) is 42.4 Å². The molecule has 1 atom stereocenters. The van der Waals surface area contributed by atoms with Crippen LogP contribution in [0.3, 0.4) is 0 Å². The van der Waals surface area contributed by atoms with Crippen molar-refractivity contribution in [2.75, 3.05) is 32.7 Å². The van der Waals surface area contributed by atoms with Crippen LogP contribution in [0.25, 0.3) is 10.9 Å². The molecule has 2 heterocycles. The number of piperazine rings is 1. The van der Waals surface area contributed by atoms with Gasteiger partial charge in [-0.15, -0.1) is 0 Å². The van der Waals surface area contributed by atoms with E-state index in [0.717, 1.165) is 41.1 Å². The highest BCUT2D eigenvalue weighted by atomic mass is 32.2. The number of benzene rings is 1. The quantitative estimate of drug-likeness (QED) is 0.327. The average Bonchev–Trinajstić information content (AvgIpc) is 3.19. The average molecular weight is 511 g/mol. The molecule has 0 bridgehead atoms. The number of amides is 1. The van der Waals surface area contributed by atoms with E-state index in [9.17, 15) is 18.0 Å². The van der Waals surface area contributed by atoms with E-state index < -0.39 is 18.6 Å². The van der Waals surface area contributed by atoms with Crippen molar-refractivity contribution < 1.29 is 18.0 Å². The number of carbonyl (C=O) groups is 1. The molecule has 11 heteroatoms. The Kier molecular flexibility index (Phi) is 9.23. The summed E-state index contributed by atoms with van der Waals surface area (Å²) in [5.41, 5.74) is 2.13.